The third-order valence-electron chi connectivity index (χ3n) is 12.9. The van der Waals surface area contributed by atoms with Crippen LogP contribution in [-0.2, 0) is 14.3 Å². The molecule has 0 radical (unpaired) electrons. The van der Waals surface area contributed by atoms with Gasteiger partial charge >= 0.3 is 5.97 Å². The molecule has 0 aliphatic heterocycles. The zero-order valence-corrected chi connectivity index (χ0v) is 42.8. The number of aliphatic hydroxyl groups excluding tert-OH is 2. The molecule has 0 aromatic carbocycles. The first kappa shape index (κ1) is 62.1. The number of hydrogen-bond donors (Lipinski definition) is 3. The molecule has 0 aliphatic carbocycles. The Balaban J connectivity index is 3.49. The predicted molar refractivity (Wildman–Crippen MR) is 278 cm³/mol. The summed E-state index contributed by atoms with van der Waals surface area (Å²) in [5.41, 5.74) is 0. The van der Waals surface area contributed by atoms with E-state index in [4.69, 9.17) is 4.74 Å². The average molecular weight is 901 g/mol. The quantitative estimate of drug-likeness (QED) is 0.0321. The Labute approximate surface area is 398 Å². The van der Waals surface area contributed by atoms with Crippen LogP contribution < -0.4 is 5.32 Å². The fourth-order valence-electron chi connectivity index (χ4n) is 8.53. The second-order valence-corrected chi connectivity index (χ2v) is 19.3. The first-order valence-corrected chi connectivity index (χ1v) is 28.2. The molecule has 6 heteroatoms. The summed E-state index contributed by atoms with van der Waals surface area (Å²) in [4.78, 5) is 24.5. The molecule has 0 spiro atoms. The number of aliphatic hydroxyl groups is 2. The van der Waals surface area contributed by atoms with Crippen molar-refractivity contribution in [2.24, 2.45) is 0 Å². The van der Waals surface area contributed by atoms with Crippen LogP contribution in [0.3, 0.4) is 0 Å². The van der Waals surface area contributed by atoms with Crippen molar-refractivity contribution in [3.05, 3.63) is 36.5 Å². The number of carbonyl (C=O) groups excluding carboxylic acids is 2. The number of esters is 1. The summed E-state index contributed by atoms with van der Waals surface area (Å²) in [6.07, 6.45) is 65.5. The molecule has 0 aromatic rings. The van der Waals surface area contributed by atoms with Crippen LogP contribution in [-0.4, -0.2) is 47.4 Å². The number of carbonyl (C=O) groups is 2. The summed E-state index contributed by atoms with van der Waals surface area (Å²) in [6, 6.07) is -0.554. The topological polar surface area (TPSA) is 95.9 Å². The summed E-state index contributed by atoms with van der Waals surface area (Å²) >= 11 is 0. The van der Waals surface area contributed by atoms with Gasteiger partial charge in [0.25, 0.3) is 0 Å². The number of ether oxygens (including phenoxy) is 1. The highest BCUT2D eigenvalue weighted by Crippen LogP contribution is 2.17. The monoisotopic (exact) mass is 900 g/mol. The fourth-order valence-corrected chi connectivity index (χ4v) is 8.53. The standard InChI is InChI=1S/C58H109NO5/c1-3-5-7-9-11-13-15-17-19-20-21-23-26-30-34-38-42-46-50-56(61)55(54-60)59-57(62)51-47-43-39-35-31-27-24-22-25-29-33-37-41-45-49-53-64-58(63)52-48-44-40-36-32-28-18-16-14-12-10-8-6-4-2/h10,12,16,18,25,29,55-56,60-61H,3-9,11,13-15,17,19-24,26-28,30-54H2,1-2H3,(H,59,62)/b12-10-,18-16-,29-25-. The van der Waals surface area contributed by atoms with Crippen LogP contribution in [0.1, 0.15) is 296 Å². The highest BCUT2D eigenvalue weighted by molar-refractivity contribution is 5.76. The van der Waals surface area contributed by atoms with E-state index in [0.29, 0.717) is 25.9 Å². The van der Waals surface area contributed by atoms with Gasteiger partial charge in [0, 0.05) is 12.8 Å². The maximum absolute atomic E-state index is 12.5. The lowest BCUT2D eigenvalue weighted by molar-refractivity contribution is -0.143. The van der Waals surface area contributed by atoms with Crippen LogP contribution in [0.4, 0.5) is 0 Å². The third-order valence-corrected chi connectivity index (χ3v) is 12.9. The summed E-state index contributed by atoms with van der Waals surface area (Å²) in [5.74, 6) is -0.0742. The molecule has 0 aliphatic rings. The molecule has 6 nitrogen and oxygen atoms in total. The molecular formula is C58H109NO5. The van der Waals surface area contributed by atoms with Crippen molar-refractivity contribution in [1.29, 1.82) is 0 Å². The van der Waals surface area contributed by atoms with E-state index in [1.165, 1.54) is 180 Å². The molecule has 0 aromatic heterocycles. The predicted octanol–water partition coefficient (Wildman–Crippen LogP) is 17.2. The van der Waals surface area contributed by atoms with E-state index in [-0.39, 0.29) is 18.5 Å². The first-order chi connectivity index (χ1) is 31.5. The molecule has 0 heterocycles. The van der Waals surface area contributed by atoms with Gasteiger partial charge in [-0.05, 0) is 77.0 Å². The Bertz CT molecular complexity index is 1040. The normalized spacial score (nSPS) is 12.9. The summed E-state index contributed by atoms with van der Waals surface area (Å²) < 4.78 is 5.45. The van der Waals surface area contributed by atoms with Crippen LogP contribution in [0.5, 0.6) is 0 Å². The average Bonchev–Trinajstić information content (AvgIpc) is 3.29. The lowest BCUT2D eigenvalue weighted by atomic mass is 10.0. The fraction of sp³-hybridized carbons (Fsp3) is 0.862. The molecular weight excluding hydrogens is 791 g/mol. The zero-order valence-electron chi connectivity index (χ0n) is 42.8. The van der Waals surface area contributed by atoms with Gasteiger partial charge in [-0.3, -0.25) is 9.59 Å². The van der Waals surface area contributed by atoms with Gasteiger partial charge in [-0.15, -0.1) is 0 Å². The lowest BCUT2D eigenvalue weighted by Crippen LogP contribution is -2.45. The van der Waals surface area contributed by atoms with Gasteiger partial charge in [-0.1, -0.05) is 243 Å². The Morgan fingerprint density at radius 2 is 0.797 bits per heavy atom. The van der Waals surface area contributed by atoms with Gasteiger partial charge in [-0.25, -0.2) is 0 Å². The molecule has 0 saturated carbocycles. The van der Waals surface area contributed by atoms with Crippen molar-refractivity contribution in [2.45, 2.75) is 309 Å². The Hall–Kier alpha value is -1.92. The number of hydrogen-bond acceptors (Lipinski definition) is 5. The van der Waals surface area contributed by atoms with Gasteiger partial charge < -0.3 is 20.3 Å². The summed E-state index contributed by atoms with van der Waals surface area (Å²) in [7, 11) is 0. The van der Waals surface area contributed by atoms with Gasteiger partial charge in [0.05, 0.1) is 25.4 Å². The third kappa shape index (κ3) is 49.5. The van der Waals surface area contributed by atoms with Crippen LogP contribution >= 0.6 is 0 Å². The SMILES string of the molecule is CCCC/C=C\C/C=C\CCCCCCCC(=O)OCCCCCC/C=C\CCCCCCCCCC(=O)NC(CO)C(O)CCCCCCCCCCCCCCCCCCCC. The molecule has 376 valence electrons. The molecule has 2 atom stereocenters. The smallest absolute Gasteiger partial charge is 0.305 e. The van der Waals surface area contributed by atoms with Crippen molar-refractivity contribution in [3.63, 3.8) is 0 Å². The van der Waals surface area contributed by atoms with Gasteiger partial charge in [0.15, 0.2) is 0 Å². The summed E-state index contributed by atoms with van der Waals surface area (Å²) in [5, 5.41) is 23.3. The van der Waals surface area contributed by atoms with Crippen molar-refractivity contribution < 1.29 is 24.5 Å². The minimum absolute atomic E-state index is 0.0247. The molecule has 3 N–H and O–H groups in total. The van der Waals surface area contributed by atoms with Crippen molar-refractivity contribution in [3.8, 4) is 0 Å². The van der Waals surface area contributed by atoms with Crippen molar-refractivity contribution >= 4 is 11.9 Å². The number of rotatable bonds is 52. The van der Waals surface area contributed by atoms with Gasteiger partial charge in [0.2, 0.25) is 5.91 Å². The highest BCUT2D eigenvalue weighted by atomic mass is 16.5. The minimum atomic E-state index is -0.675. The Morgan fingerprint density at radius 3 is 1.25 bits per heavy atom. The van der Waals surface area contributed by atoms with E-state index in [1.807, 2.05) is 0 Å². The highest BCUT2D eigenvalue weighted by Gasteiger charge is 2.20. The molecule has 0 fully saturated rings. The molecule has 64 heavy (non-hydrogen) atoms. The van der Waals surface area contributed by atoms with Crippen molar-refractivity contribution in [1.82, 2.24) is 5.32 Å². The van der Waals surface area contributed by atoms with Crippen LogP contribution in [0.15, 0.2) is 36.5 Å². The van der Waals surface area contributed by atoms with E-state index in [2.05, 4.69) is 55.6 Å². The first-order valence-electron chi connectivity index (χ1n) is 28.2. The second kappa shape index (κ2) is 53.7. The molecule has 1 amide bonds. The minimum Gasteiger partial charge on any atom is -0.466 e. The summed E-state index contributed by atoms with van der Waals surface area (Å²) in [6.45, 7) is 4.88. The largest absolute Gasteiger partial charge is 0.466 e. The number of allylic oxidation sites excluding steroid dienone is 6. The van der Waals surface area contributed by atoms with Crippen LogP contribution in [0.25, 0.3) is 0 Å². The number of unbranched alkanes of at least 4 members (excludes halogenated alkanes) is 35. The number of amides is 1. The van der Waals surface area contributed by atoms with E-state index in [9.17, 15) is 19.8 Å². The lowest BCUT2D eigenvalue weighted by Gasteiger charge is -2.22. The number of nitrogens with one attached hydrogen (secondary N) is 1. The van der Waals surface area contributed by atoms with Crippen LogP contribution in [0, 0.1) is 0 Å². The van der Waals surface area contributed by atoms with E-state index in [0.717, 1.165) is 83.5 Å². The Morgan fingerprint density at radius 1 is 0.438 bits per heavy atom. The molecule has 0 bridgehead atoms. The van der Waals surface area contributed by atoms with E-state index < -0.39 is 12.1 Å². The van der Waals surface area contributed by atoms with E-state index in [1.54, 1.807) is 0 Å². The van der Waals surface area contributed by atoms with E-state index >= 15 is 0 Å². The second-order valence-electron chi connectivity index (χ2n) is 19.3. The van der Waals surface area contributed by atoms with Gasteiger partial charge in [0.1, 0.15) is 0 Å². The van der Waals surface area contributed by atoms with Crippen molar-refractivity contribution in [2.75, 3.05) is 13.2 Å². The maximum Gasteiger partial charge on any atom is 0.305 e. The Kier molecular flexibility index (Phi) is 52.1. The zero-order chi connectivity index (χ0) is 46.5. The molecule has 2 unspecified atom stereocenters. The molecule has 0 rings (SSSR count). The van der Waals surface area contributed by atoms with Gasteiger partial charge in [-0.2, -0.15) is 0 Å². The van der Waals surface area contributed by atoms with Crippen LogP contribution in [0.2, 0.25) is 0 Å². The maximum atomic E-state index is 12.5. The molecule has 0 saturated heterocycles.